The van der Waals surface area contributed by atoms with E-state index in [1.54, 1.807) is 12.1 Å². The van der Waals surface area contributed by atoms with Crippen LogP contribution in [0.2, 0.25) is 0 Å². The van der Waals surface area contributed by atoms with Crippen molar-refractivity contribution in [2.24, 2.45) is 5.73 Å². The van der Waals surface area contributed by atoms with Crippen LogP contribution in [0.4, 0.5) is 0 Å². The number of halogens is 2. The summed E-state index contributed by atoms with van der Waals surface area (Å²) in [7, 11) is -3.42. The highest BCUT2D eigenvalue weighted by atomic mass is 79.9. The molecule has 4 nitrogen and oxygen atoms in total. The molecule has 1 aliphatic rings. The van der Waals surface area contributed by atoms with Crippen LogP contribution in [0.3, 0.4) is 0 Å². The minimum absolute atomic E-state index is 0. The SMILES string of the molecule is Cc1ccc(Br)cc1S(=O)(=O)N1CCCC(N)C1.Cl. The number of aryl methyl sites for hydroxylation is 1. The van der Waals surface area contributed by atoms with Gasteiger partial charge in [-0.2, -0.15) is 4.31 Å². The lowest BCUT2D eigenvalue weighted by Crippen LogP contribution is -2.45. The summed E-state index contributed by atoms with van der Waals surface area (Å²) >= 11 is 3.32. The summed E-state index contributed by atoms with van der Waals surface area (Å²) in [5.41, 5.74) is 6.61. The van der Waals surface area contributed by atoms with Gasteiger partial charge in [-0.15, -0.1) is 12.4 Å². The first-order valence-electron chi connectivity index (χ1n) is 5.93. The van der Waals surface area contributed by atoms with Crippen molar-refractivity contribution in [1.82, 2.24) is 4.31 Å². The molecule has 0 spiro atoms. The molecule has 0 amide bonds. The number of hydrogen-bond donors (Lipinski definition) is 1. The zero-order chi connectivity index (χ0) is 13.3. The number of piperidine rings is 1. The average Bonchev–Trinajstić information content (AvgIpc) is 2.32. The summed E-state index contributed by atoms with van der Waals surface area (Å²) in [4.78, 5) is 0.367. The van der Waals surface area contributed by atoms with Gasteiger partial charge >= 0.3 is 0 Å². The second-order valence-electron chi connectivity index (χ2n) is 4.68. The Hall–Kier alpha value is -0.140. The van der Waals surface area contributed by atoms with Gasteiger partial charge in [0.15, 0.2) is 0 Å². The average molecular weight is 370 g/mol. The number of benzene rings is 1. The van der Waals surface area contributed by atoms with Crippen molar-refractivity contribution in [3.8, 4) is 0 Å². The minimum Gasteiger partial charge on any atom is -0.327 e. The fourth-order valence-electron chi connectivity index (χ4n) is 2.18. The van der Waals surface area contributed by atoms with E-state index in [4.69, 9.17) is 5.73 Å². The van der Waals surface area contributed by atoms with E-state index in [0.717, 1.165) is 22.9 Å². The molecule has 1 aromatic rings. The Kier molecular flexibility index (Phi) is 5.82. The fourth-order valence-corrected chi connectivity index (χ4v) is 4.48. The monoisotopic (exact) mass is 368 g/mol. The van der Waals surface area contributed by atoms with Crippen LogP contribution in [0.5, 0.6) is 0 Å². The Bertz CT molecular complexity index is 551. The molecule has 1 aromatic carbocycles. The molecule has 0 saturated carbocycles. The highest BCUT2D eigenvalue weighted by molar-refractivity contribution is 9.10. The largest absolute Gasteiger partial charge is 0.327 e. The van der Waals surface area contributed by atoms with Gasteiger partial charge in [0.2, 0.25) is 10.0 Å². The van der Waals surface area contributed by atoms with E-state index < -0.39 is 10.0 Å². The van der Waals surface area contributed by atoms with E-state index in [0.29, 0.717) is 18.0 Å². The molecule has 1 fully saturated rings. The first-order chi connectivity index (χ1) is 8.41. The van der Waals surface area contributed by atoms with Crippen molar-refractivity contribution in [3.63, 3.8) is 0 Å². The predicted octanol–water partition coefficient (Wildman–Crippen LogP) is 2.29. The number of nitrogens with two attached hydrogens (primary N) is 1. The maximum atomic E-state index is 12.6. The Balaban J connectivity index is 0.00000180. The second-order valence-corrected chi connectivity index (χ2v) is 7.50. The van der Waals surface area contributed by atoms with Gasteiger partial charge in [0.05, 0.1) is 4.90 Å². The van der Waals surface area contributed by atoms with Gasteiger partial charge in [0.25, 0.3) is 0 Å². The van der Waals surface area contributed by atoms with Crippen molar-refractivity contribution in [2.45, 2.75) is 30.7 Å². The minimum atomic E-state index is -3.42. The third kappa shape index (κ3) is 3.70. The van der Waals surface area contributed by atoms with Gasteiger partial charge < -0.3 is 5.73 Å². The molecule has 0 bridgehead atoms. The van der Waals surface area contributed by atoms with Crippen molar-refractivity contribution in [1.29, 1.82) is 0 Å². The van der Waals surface area contributed by atoms with Crippen molar-refractivity contribution < 1.29 is 8.42 Å². The summed E-state index contributed by atoms with van der Waals surface area (Å²) in [5, 5.41) is 0. The van der Waals surface area contributed by atoms with Crippen LogP contribution in [-0.2, 0) is 10.0 Å². The maximum Gasteiger partial charge on any atom is 0.243 e. The molecule has 0 radical (unpaired) electrons. The maximum absolute atomic E-state index is 12.6. The molecule has 0 aromatic heterocycles. The Morgan fingerprint density at radius 3 is 2.74 bits per heavy atom. The summed E-state index contributed by atoms with van der Waals surface area (Å²) in [5.74, 6) is 0. The molecular formula is C12H18BrClN2O2S. The molecule has 108 valence electrons. The number of hydrogen-bond acceptors (Lipinski definition) is 3. The standard InChI is InChI=1S/C12H17BrN2O2S.ClH/c1-9-4-5-10(13)7-12(9)18(16,17)15-6-2-3-11(14)8-15;/h4-5,7,11H,2-3,6,8,14H2,1H3;1H. The Labute approximate surface area is 128 Å². The van der Waals surface area contributed by atoms with Gasteiger partial charge in [-0.1, -0.05) is 22.0 Å². The smallest absolute Gasteiger partial charge is 0.243 e. The van der Waals surface area contributed by atoms with E-state index in [1.165, 1.54) is 4.31 Å². The van der Waals surface area contributed by atoms with E-state index in [9.17, 15) is 8.42 Å². The molecule has 1 heterocycles. The number of nitrogens with zero attached hydrogens (tertiary/aromatic N) is 1. The van der Waals surface area contributed by atoms with Gasteiger partial charge in [-0.05, 0) is 37.5 Å². The lowest BCUT2D eigenvalue weighted by molar-refractivity contribution is 0.316. The van der Waals surface area contributed by atoms with Crippen LogP contribution in [0.15, 0.2) is 27.6 Å². The number of sulfonamides is 1. The molecule has 19 heavy (non-hydrogen) atoms. The van der Waals surface area contributed by atoms with Gasteiger partial charge in [-0.25, -0.2) is 8.42 Å². The summed E-state index contributed by atoms with van der Waals surface area (Å²) < 4.78 is 27.4. The lowest BCUT2D eigenvalue weighted by Gasteiger charge is -2.30. The molecule has 1 saturated heterocycles. The molecule has 2 N–H and O–H groups in total. The van der Waals surface area contributed by atoms with Crippen molar-refractivity contribution in [2.75, 3.05) is 13.1 Å². The molecule has 0 aliphatic carbocycles. The van der Waals surface area contributed by atoms with Crippen LogP contribution in [0, 0.1) is 6.92 Å². The lowest BCUT2D eigenvalue weighted by atomic mass is 10.1. The summed E-state index contributed by atoms with van der Waals surface area (Å²) in [6.45, 7) is 2.78. The van der Waals surface area contributed by atoms with Gasteiger partial charge in [0.1, 0.15) is 0 Å². The highest BCUT2D eigenvalue weighted by Crippen LogP contribution is 2.25. The zero-order valence-corrected chi connectivity index (χ0v) is 13.9. The van der Waals surface area contributed by atoms with Crippen molar-refractivity contribution in [3.05, 3.63) is 28.2 Å². The molecule has 1 aliphatic heterocycles. The van der Waals surface area contributed by atoms with Crippen molar-refractivity contribution >= 4 is 38.4 Å². The molecular weight excluding hydrogens is 352 g/mol. The van der Waals surface area contributed by atoms with Gasteiger partial charge in [0, 0.05) is 23.6 Å². The Morgan fingerprint density at radius 1 is 1.42 bits per heavy atom. The third-order valence-corrected chi connectivity index (χ3v) is 5.69. The van der Waals surface area contributed by atoms with E-state index >= 15 is 0 Å². The van der Waals surface area contributed by atoms with Crippen LogP contribution in [0.1, 0.15) is 18.4 Å². The molecule has 7 heteroatoms. The summed E-state index contributed by atoms with van der Waals surface area (Å²) in [6, 6.07) is 5.25. The predicted molar refractivity (Wildman–Crippen MR) is 82.1 cm³/mol. The molecule has 2 rings (SSSR count). The first kappa shape index (κ1) is 16.9. The van der Waals surface area contributed by atoms with E-state index in [2.05, 4.69) is 15.9 Å². The fraction of sp³-hybridized carbons (Fsp3) is 0.500. The van der Waals surface area contributed by atoms with Crippen LogP contribution >= 0.6 is 28.3 Å². The topological polar surface area (TPSA) is 63.4 Å². The highest BCUT2D eigenvalue weighted by Gasteiger charge is 2.29. The normalized spacial score (nSPS) is 20.9. The van der Waals surface area contributed by atoms with Crippen LogP contribution in [0.25, 0.3) is 0 Å². The zero-order valence-electron chi connectivity index (χ0n) is 10.7. The van der Waals surface area contributed by atoms with E-state index in [-0.39, 0.29) is 18.4 Å². The first-order valence-corrected chi connectivity index (χ1v) is 8.16. The number of rotatable bonds is 2. The van der Waals surface area contributed by atoms with Crippen LogP contribution in [-0.4, -0.2) is 31.9 Å². The summed E-state index contributed by atoms with van der Waals surface area (Å²) in [6.07, 6.45) is 1.72. The van der Waals surface area contributed by atoms with Crippen LogP contribution < -0.4 is 5.73 Å². The molecule has 1 atom stereocenters. The third-order valence-electron chi connectivity index (χ3n) is 3.19. The molecule has 1 unspecified atom stereocenters. The quantitative estimate of drug-likeness (QED) is 0.870. The van der Waals surface area contributed by atoms with E-state index in [1.807, 2.05) is 13.0 Å². The second kappa shape index (κ2) is 6.54. The van der Waals surface area contributed by atoms with Gasteiger partial charge in [-0.3, -0.25) is 0 Å². The Morgan fingerprint density at radius 2 is 2.11 bits per heavy atom.